The molecule has 1 atom stereocenters. The summed E-state index contributed by atoms with van der Waals surface area (Å²) in [4.78, 5) is 18.2. The first-order chi connectivity index (χ1) is 14.7. The van der Waals surface area contributed by atoms with Gasteiger partial charge in [0.05, 0.1) is 0 Å². The maximum absolute atomic E-state index is 13.6. The van der Waals surface area contributed by atoms with Crippen molar-refractivity contribution in [1.82, 2.24) is 4.90 Å². The number of amides is 1. The molecule has 2 aromatic rings. The molecule has 1 aliphatic carbocycles. The Balaban J connectivity index is 1.42. The van der Waals surface area contributed by atoms with Gasteiger partial charge in [-0.2, -0.15) is 0 Å². The van der Waals surface area contributed by atoms with E-state index in [1.807, 2.05) is 0 Å². The third kappa shape index (κ3) is 5.13. The first-order valence-electron chi connectivity index (χ1n) is 11.9. The van der Waals surface area contributed by atoms with Crippen LogP contribution in [0, 0.1) is 5.92 Å². The summed E-state index contributed by atoms with van der Waals surface area (Å²) >= 11 is 0. The van der Waals surface area contributed by atoms with E-state index in [9.17, 15) is 4.79 Å². The lowest BCUT2D eigenvalue weighted by molar-refractivity contribution is -0.124. The fraction of sp³-hybridized carbons (Fsp3) is 0.519. The molecule has 1 amide bonds. The Kier molecular flexibility index (Phi) is 7.22. The van der Waals surface area contributed by atoms with Crippen molar-refractivity contribution in [2.75, 3.05) is 25.0 Å². The number of rotatable bonds is 7. The maximum Gasteiger partial charge on any atom is 0.230 e. The molecule has 1 heterocycles. The average Bonchev–Trinajstić information content (AvgIpc) is 2.80. The smallest absolute Gasteiger partial charge is 0.230 e. The van der Waals surface area contributed by atoms with E-state index in [4.69, 9.17) is 0 Å². The van der Waals surface area contributed by atoms with Crippen molar-refractivity contribution < 1.29 is 4.79 Å². The molecule has 3 nitrogen and oxygen atoms in total. The van der Waals surface area contributed by atoms with Crippen molar-refractivity contribution in [3.63, 3.8) is 0 Å². The molecule has 0 radical (unpaired) electrons. The minimum atomic E-state index is 0.218. The van der Waals surface area contributed by atoms with Gasteiger partial charge in [0.25, 0.3) is 0 Å². The molecular formula is C27H36N2O. The van der Waals surface area contributed by atoms with Crippen molar-refractivity contribution in [3.8, 4) is 0 Å². The summed E-state index contributed by atoms with van der Waals surface area (Å²) in [6, 6.07) is 19.6. The Bertz CT molecular complexity index is 813. The van der Waals surface area contributed by atoms with Gasteiger partial charge in [0.2, 0.25) is 5.91 Å². The quantitative estimate of drug-likeness (QED) is 0.610. The molecular weight excluding hydrogens is 368 g/mol. The van der Waals surface area contributed by atoms with E-state index < -0.39 is 0 Å². The highest BCUT2D eigenvalue weighted by atomic mass is 16.2. The van der Waals surface area contributed by atoms with Gasteiger partial charge in [0.15, 0.2) is 0 Å². The van der Waals surface area contributed by atoms with Crippen molar-refractivity contribution in [2.24, 2.45) is 5.92 Å². The molecule has 2 aliphatic rings. The molecule has 0 saturated heterocycles. The highest BCUT2D eigenvalue weighted by Crippen LogP contribution is 2.35. The normalized spacial score (nSPS) is 19.7. The molecule has 1 saturated carbocycles. The largest absolute Gasteiger partial charge is 0.308 e. The first-order valence-corrected chi connectivity index (χ1v) is 11.9. The van der Waals surface area contributed by atoms with Gasteiger partial charge < -0.3 is 9.80 Å². The van der Waals surface area contributed by atoms with Crippen LogP contribution in [0.15, 0.2) is 54.6 Å². The predicted octanol–water partition coefficient (Wildman–Crippen LogP) is 5.48. The summed E-state index contributed by atoms with van der Waals surface area (Å²) in [5, 5.41) is 0. The van der Waals surface area contributed by atoms with Crippen LogP contribution in [0.3, 0.4) is 0 Å². The van der Waals surface area contributed by atoms with E-state index >= 15 is 0 Å². The third-order valence-corrected chi connectivity index (χ3v) is 6.93. The monoisotopic (exact) mass is 404 g/mol. The lowest BCUT2D eigenvalue weighted by Gasteiger charge is -2.41. The highest BCUT2D eigenvalue weighted by molar-refractivity contribution is 5.97. The minimum absolute atomic E-state index is 0.218. The number of fused-ring (bicyclic) bond motifs is 1. The second-order valence-corrected chi connectivity index (χ2v) is 9.22. The van der Waals surface area contributed by atoms with Gasteiger partial charge in [-0.25, -0.2) is 0 Å². The molecule has 30 heavy (non-hydrogen) atoms. The van der Waals surface area contributed by atoms with E-state index in [0.29, 0.717) is 5.91 Å². The summed E-state index contributed by atoms with van der Waals surface area (Å²) in [6.45, 7) is 2.03. The highest BCUT2D eigenvalue weighted by Gasteiger charge is 2.35. The van der Waals surface area contributed by atoms with Crippen molar-refractivity contribution in [2.45, 2.75) is 63.8 Å². The van der Waals surface area contributed by atoms with Crippen LogP contribution >= 0.6 is 0 Å². The van der Waals surface area contributed by atoms with Gasteiger partial charge >= 0.3 is 0 Å². The Morgan fingerprint density at radius 2 is 1.70 bits per heavy atom. The molecule has 0 bridgehead atoms. The standard InChI is InChI=1S/C27H36N2O/c1-28(20-10-13-22-11-4-2-5-12-22)21-25-19-18-23-14-8-9-17-26(23)29(25)27(30)24-15-6-3-7-16-24/h2,4-5,8-9,11-12,14,17,24-25H,3,6-7,10,13,15-16,18-21H2,1H3. The predicted molar refractivity (Wildman–Crippen MR) is 125 cm³/mol. The molecule has 2 aromatic carbocycles. The maximum atomic E-state index is 13.6. The Hall–Kier alpha value is -2.13. The van der Waals surface area contributed by atoms with Crippen LogP contribution in [0.2, 0.25) is 0 Å². The molecule has 0 aromatic heterocycles. The molecule has 3 heteroatoms. The Morgan fingerprint density at radius 3 is 2.50 bits per heavy atom. The summed E-state index contributed by atoms with van der Waals surface area (Å²) in [5.41, 5.74) is 3.92. The Morgan fingerprint density at radius 1 is 0.967 bits per heavy atom. The van der Waals surface area contributed by atoms with Crippen LogP contribution < -0.4 is 4.90 Å². The fourth-order valence-corrected chi connectivity index (χ4v) is 5.27. The number of hydrogen-bond acceptors (Lipinski definition) is 2. The van der Waals surface area contributed by atoms with E-state index in [2.05, 4.69) is 71.4 Å². The topological polar surface area (TPSA) is 23.6 Å². The number of hydrogen-bond donors (Lipinski definition) is 0. The van der Waals surface area contributed by atoms with E-state index in [1.54, 1.807) is 0 Å². The lowest BCUT2D eigenvalue weighted by atomic mass is 9.86. The van der Waals surface area contributed by atoms with Crippen LogP contribution in [-0.4, -0.2) is 37.0 Å². The fourth-order valence-electron chi connectivity index (χ4n) is 5.27. The van der Waals surface area contributed by atoms with Gasteiger partial charge in [-0.15, -0.1) is 0 Å². The number of carbonyl (C=O) groups is 1. The van der Waals surface area contributed by atoms with Gasteiger partial charge in [-0.3, -0.25) is 4.79 Å². The lowest BCUT2D eigenvalue weighted by Crippen LogP contribution is -2.51. The molecule has 160 valence electrons. The molecule has 1 fully saturated rings. The van der Waals surface area contributed by atoms with Crippen molar-refractivity contribution in [1.29, 1.82) is 0 Å². The number of aryl methyl sites for hydroxylation is 2. The van der Waals surface area contributed by atoms with E-state index in [-0.39, 0.29) is 12.0 Å². The number of para-hydroxylation sites is 1. The summed E-state index contributed by atoms with van der Waals surface area (Å²) in [6.07, 6.45) is 10.2. The number of carbonyl (C=O) groups excluding carboxylic acids is 1. The van der Waals surface area contributed by atoms with Crippen LogP contribution in [0.5, 0.6) is 0 Å². The van der Waals surface area contributed by atoms with Gasteiger partial charge in [0.1, 0.15) is 0 Å². The zero-order valence-electron chi connectivity index (χ0n) is 18.4. The summed E-state index contributed by atoms with van der Waals surface area (Å²) < 4.78 is 0. The number of benzene rings is 2. The second kappa shape index (κ2) is 10.3. The second-order valence-electron chi connectivity index (χ2n) is 9.22. The van der Waals surface area contributed by atoms with Gasteiger partial charge in [-0.05, 0) is 69.3 Å². The van der Waals surface area contributed by atoms with Crippen LogP contribution in [0.25, 0.3) is 0 Å². The number of likely N-dealkylation sites (N-methyl/N-ethyl adjacent to an activating group) is 1. The Labute approximate surface area is 182 Å². The molecule has 1 aliphatic heterocycles. The molecule has 0 spiro atoms. The minimum Gasteiger partial charge on any atom is -0.308 e. The number of anilines is 1. The zero-order chi connectivity index (χ0) is 20.8. The first kappa shape index (κ1) is 21.1. The molecule has 1 unspecified atom stereocenters. The third-order valence-electron chi connectivity index (χ3n) is 6.93. The summed E-state index contributed by atoms with van der Waals surface area (Å²) in [5.74, 6) is 0.598. The van der Waals surface area contributed by atoms with Crippen LogP contribution in [0.4, 0.5) is 5.69 Å². The molecule has 0 N–H and O–H groups in total. The van der Waals surface area contributed by atoms with Crippen molar-refractivity contribution in [3.05, 3.63) is 65.7 Å². The van der Waals surface area contributed by atoms with E-state index in [1.165, 1.54) is 36.1 Å². The average molecular weight is 405 g/mol. The zero-order valence-corrected chi connectivity index (χ0v) is 18.4. The van der Waals surface area contributed by atoms with Gasteiger partial charge in [-0.1, -0.05) is 67.8 Å². The van der Waals surface area contributed by atoms with Crippen LogP contribution in [-0.2, 0) is 17.6 Å². The number of nitrogens with zero attached hydrogens (tertiary/aromatic N) is 2. The SMILES string of the molecule is CN(CCCc1ccccc1)CC1CCc2ccccc2N1C(=O)C1CCCCC1. The van der Waals surface area contributed by atoms with Crippen molar-refractivity contribution >= 4 is 11.6 Å². The summed E-state index contributed by atoms with van der Waals surface area (Å²) in [7, 11) is 2.22. The molecule has 4 rings (SSSR count). The van der Waals surface area contributed by atoms with E-state index in [0.717, 1.165) is 51.6 Å². The van der Waals surface area contributed by atoms with Gasteiger partial charge in [0, 0.05) is 24.2 Å². The van der Waals surface area contributed by atoms with Crippen LogP contribution in [0.1, 0.15) is 56.1 Å².